The van der Waals surface area contributed by atoms with Crippen LogP contribution in [0.15, 0.2) is 24.3 Å². The van der Waals surface area contributed by atoms with Gasteiger partial charge in [0.1, 0.15) is 6.61 Å². The third-order valence-corrected chi connectivity index (χ3v) is 3.81. The number of nitrogens with one attached hydrogen (secondary N) is 1. The molecule has 1 aliphatic carbocycles. The van der Waals surface area contributed by atoms with Gasteiger partial charge in [0, 0.05) is 12.6 Å². The van der Waals surface area contributed by atoms with Crippen LogP contribution < -0.4 is 14.8 Å². The summed E-state index contributed by atoms with van der Waals surface area (Å²) in [4.78, 5) is 0. The maximum Gasteiger partial charge on any atom is 0.161 e. The molecule has 0 amide bonds. The van der Waals surface area contributed by atoms with E-state index in [9.17, 15) is 5.11 Å². The molecule has 2 rings (SSSR count). The highest BCUT2D eigenvalue weighted by Crippen LogP contribution is 2.25. The molecule has 2 atom stereocenters. The minimum Gasteiger partial charge on any atom is -0.493 e. The highest BCUT2D eigenvalue weighted by Gasteiger charge is 2.20. The maximum absolute atomic E-state index is 10.0. The second-order valence-electron chi connectivity index (χ2n) is 5.27. The van der Waals surface area contributed by atoms with Crippen LogP contribution in [0.25, 0.3) is 0 Å². The van der Waals surface area contributed by atoms with Gasteiger partial charge in [-0.1, -0.05) is 31.4 Å². The van der Waals surface area contributed by atoms with Crippen molar-refractivity contribution in [3.05, 3.63) is 24.3 Å². The zero-order valence-corrected chi connectivity index (χ0v) is 12.2. The first-order chi connectivity index (χ1) is 9.81. The Balaban J connectivity index is 1.73. The average Bonchev–Trinajstić information content (AvgIpc) is 2.69. The first kappa shape index (κ1) is 15.1. The van der Waals surface area contributed by atoms with E-state index in [1.54, 1.807) is 7.11 Å². The first-order valence-electron chi connectivity index (χ1n) is 7.48. The van der Waals surface area contributed by atoms with Crippen LogP contribution in [0.1, 0.15) is 32.1 Å². The average molecular weight is 279 g/mol. The molecule has 1 saturated carbocycles. The fourth-order valence-electron chi connectivity index (χ4n) is 2.67. The molecular formula is C16H25NO3. The molecule has 1 aromatic carbocycles. The van der Waals surface area contributed by atoms with Crippen molar-refractivity contribution in [3.8, 4) is 11.5 Å². The smallest absolute Gasteiger partial charge is 0.161 e. The minimum atomic E-state index is -0.219. The predicted molar refractivity (Wildman–Crippen MR) is 79.4 cm³/mol. The van der Waals surface area contributed by atoms with Crippen molar-refractivity contribution < 1.29 is 14.6 Å². The van der Waals surface area contributed by atoms with Gasteiger partial charge in [-0.2, -0.15) is 0 Å². The van der Waals surface area contributed by atoms with Gasteiger partial charge < -0.3 is 19.9 Å². The monoisotopic (exact) mass is 279 g/mol. The van der Waals surface area contributed by atoms with Crippen molar-refractivity contribution in [2.24, 2.45) is 0 Å². The molecule has 1 aromatic rings. The normalized spacial score (nSPS) is 23.1. The minimum absolute atomic E-state index is 0.207. The number of ether oxygens (including phenoxy) is 2. The summed E-state index contributed by atoms with van der Waals surface area (Å²) < 4.78 is 11.0. The van der Waals surface area contributed by atoms with E-state index in [0.29, 0.717) is 6.61 Å². The summed E-state index contributed by atoms with van der Waals surface area (Å²) in [5.41, 5.74) is 0. The Bertz CT molecular complexity index is 397. The van der Waals surface area contributed by atoms with Gasteiger partial charge in [0.2, 0.25) is 0 Å². The summed E-state index contributed by atoms with van der Waals surface area (Å²) in [6, 6.07) is 7.85. The van der Waals surface area contributed by atoms with E-state index in [4.69, 9.17) is 9.47 Å². The first-order valence-corrected chi connectivity index (χ1v) is 7.48. The number of aliphatic hydroxyl groups excluding tert-OH is 1. The van der Waals surface area contributed by atoms with Gasteiger partial charge >= 0.3 is 0 Å². The Morgan fingerprint density at radius 1 is 1.15 bits per heavy atom. The molecule has 2 unspecified atom stereocenters. The second kappa shape index (κ2) is 8.12. The van der Waals surface area contributed by atoms with E-state index in [2.05, 4.69) is 5.32 Å². The third kappa shape index (κ3) is 4.39. The van der Waals surface area contributed by atoms with Gasteiger partial charge in [0.15, 0.2) is 11.5 Å². The number of aliphatic hydroxyl groups is 1. The van der Waals surface area contributed by atoms with Crippen molar-refractivity contribution in [1.29, 1.82) is 0 Å². The summed E-state index contributed by atoms with van der Waals surface area (Å²) in [5.74, 6) is 1.51. The quantitative estimate of drug-likeness (QED) is 0.620. The summed E-state index contributed by atoms with van der Waals surface area (Å²) in [6.07, 6.45) is 5.30. The molecule has 4 nitrogen and oxygen atoms in total. The molecular weight excluding hydrogens is 254 g/mol. The molecule has 20 heavy (non-hydrogen) atoms. The molecule has 0 bridgehead atoms. The van der Waals surface area contributed by atoms with Gasteiger partial charge in [0.05, 0.1) is 13.2 Å². The van der Waals surface area contributed by atoms with Crippen LogP contribution >= 0.6 is 0 Å². The van der Waals surface area contributed by atoms with E-state index in [-0.39, 0.29) is 12.1 Å². The van der Waals surface area contributed by atoms with Crippen LogP contribution in [0, 0.1) is 0 Å². The highest BCUT2D eigenvalue weighted by molar-refractivity contribution is 5.39. The van der Waals surface area contributed by atoms with Crippen molar-refractivity contribution in [2.45, 2.75) is 44.2 Å². The summed E-state index contributed by atoms with van der Waals surface area (Å²) in [7, 11) is 1.64. The van der Waals surface area contributed by atoms with E-state index in [1.807, 2.05) is 24.3 Å². The van der Waals surface area contributed by atoms with Crippen LogP contribution in [0.5, 0.6) is 11.5 Å². The third-order valence-electron chi connectivity index (χ3n) is 3.81. The number of para-hydroxylation sites is 2. The van der Waals surface area contributed by atoms with Gasteiger partial charge in [-0.25, -0.2) is 0 Å². The molecule has 1 fully saturated rings. The number of hydrogen-bond donors (Lipinski definition) is 2. The molecule has 0 heterocycles. The fourth-order valence-corrected chi connectivity index (χ4v) is 2.67. The van der Waals surface area contributed by atoms with E-state index >= 15 is 0 Å². The lowest BCUT2D eigenvalue weighted by Gasteiger charge is -2.22. The molecule has 0 aromatic heterocycles. The largest absolute Gasteiger partial charge is 0.493 e. The lowest BCUT2D eigenvalue weighted by atomic mass is 10.1. The Morgan fingerprint density at radius 2 is 1.90 bits per heavy atom. The molecule has 0 spiro atoms. The Morgan fingerprint density at radius 3 is 2.70 bits per heavy atom. The number of rotatable bonds is 6. The van der Waals surface area contributed by atoms with Gasteiger partial charge in [-0.15, -0.1) is 0 Å². The highest BCUT2D eigenvalue weighted by atomic mass is 16.5. The Labute approximate surface area is 121 Å². The molecule has 0 radical (unpaired) electrons. The van der Waals surface area contributed by atoms with Crippen LogP contribution in [-0.4, -0.2) is 37.5 Å². The lowest BCUT2D eigenvalue weighted by molar-refractivity contribution is 0.117. The van der Waals surface area contributed by atoms with Crippen molar-refractivity contribution >= 4 is 0 Å². The zero-order valence-electron chi connectivity index (χ0n) is 12.2. The van der Waals surface area contributed by atoms with Gasteiger partial charge in [-0.3, -0.25) is 0 Å². The standard InChI is InChI=1S/C16H25NO3/c1-19-15-9-5-6-10-16(15)20-12-11-17-13-7-3-2-4-8-14(13)18/h5-6,9-10,13-14,17-18H,2-4,7-8,11-12H2,1H3. The van der Waals surface area contributed by atoms with E-state index in [0.717, 1.165) is 37.3 Å². The molecule has 0 aliphatic heterocycles. The Kier molecular flexibility index (Phi) is 6.15. The second-order valence-corrected chi connectivity index (χ2v) is 5.27. The maximum atomic E-state index is 10.0. The van der Waals surface area contributed by atoms with E-state index in [1.165, 1.54) is 12.8 Å². The Hall–Kier alpha value is -1.26. The number of benzene rings is 1. The van der Waals surface area contributed by atoms with Crippen LogP contribution in [0.4, 0.5) is 0 Å². The SMILES string of the molecule is COc1ccccc1OCCNC1CCCCCC1O. The number of methoxy groups -OCH3 is 1. The van der Waals surface area contributed by atoms with Gasteiger partial charge in [-0.05, 0) is 25.0 Å². The molecule has 1 aliphatic rings. The summed E-state index contributed by atoms with van der Waals surface area (Å²) in [6.45, 7) is 1.31. The molecule has 112 valence electrons. The fraction of sp³-hybridized carbons (Fsp3) is 0.625. The van der Waals surface area contributed by atoms with Gasteiger partial charge in [0.25, 0.3) is 0 Å². The van der Waals surface area contributed by atoms with Crippen LogP contribution in [0.3, 0.4) is 0 Å². The molecule has 4 heteroatoms. The van der Waals surface area contributed by atoms with E-state index < -0.39 is 0 Å². The summed E-state index contributed by atoms with van der Waals surface area (Å²) in [5, 5.41) is 13.4. The zero-order chi connectivity index (χ0) is 14.2. The summed E-state index contributed by atoms with van der Waals surface area (Å²) >= 11 is 0. The molecule has 0 saturated heterocycles. The predicted octanol–water partition coefficient (Wildman–Crippen LogP) is 2.36. The lowest BCUT2D eigenvalue weighted by Crippen LogP contribution is -2.41. The van der Waals surface area contributed by atoms with Crippen molar-refractivity contribution in [2.75, 3.05) is 20.3 Å². The topological polar surface area (TPSA) is 50.7 Å². The molecule has 2 N–H and O–H groups in total. The van der Waals surface area contributed by atoms with Crippen LogP contribution in [0.2, 0.25) is 0 Å². The van der Waals surface area contributed by atoms with Crippen molar-refractivity contribution in [1.82, 2.24) is 5.32 Å². The number of hydrogen-bond acceptors (Lipinski definition) is 4. The van der Waals surface area contributed by atoms with Crippen LogP contribution in [-0.2, 0) is 0 Å². The van der Waals surface area contributed by atoms with Crippen molar-refractivity contribution in [3.63, 3.8) is 0 Å².